The highest BCUT2D eigenvalue weighted by Crippen LogP contribution is 2.20. The predicted molar refractivity (Wildman–Crippen MR) is 58.8 cm³/mol. The number of hydrogen-bond acceptors (Lipinski definition) is 6. The average molecular weight is 267 g/mol. The second-order valence-electron chi connectivity index (χ2n) is 3.51. The smallest absolute Gasteiger partial charge is 0.390 e. The molecule has 10 heteroatoms. The first-order chi connectivity index (χ1) is 8.99. The highest BCUT2D eigenvalue weighted by molar-refractivity contribution is 5.36. The number of nitro benzene ring substituents is 1. The first kappa shape index (κ1) is 12.5. The molecule has 0 aliphatic heterocycles. The zero-order chi connectivity index (χ0) is 14.0. The number of nitro groups is 2. The van der Waals surface area contributed by atoms with Crippen LogP contribution in [-0.2, 0) is 6.54 Å². The first-order valence-corrected chi connectivity index (χ1v) is 4.94. The van der Waals surface area contributed by atoms with E-state index in [9.17, 15) is 24.6 Å². The molecule has 0 unspecified atom stereocenters. The molecule has 0 bridgehead atoms. The Kier molecular flexibility index (Phi) is 3.14. The molecule has 1 aromatic heterocycles. The third kappa shape index (κ3) is 2.51. The molecule has 0 fully saturated rings. The van der Waals surface area contributed by atoms with Gasteiger partial charge in [0.15, 0.2) is 0 Å². The maximum atomic E-state index is 13.7. The van der Waals surface area contributed by atoms with Gasteiger partial charge in [0.1, 0.15) is 0 Å². The van der Waals surface area contributed by atoms with Crippen LogP contribution < -0.4 is 0 Å². The highest BCUT2D eigenvalue weighted by Gasteiger charge is 2.19. The van der Waals surface area contributed by atoms with Crippen LogP contribution in [0.4, 0.5) is 16.0 Å². The summed E-state index contributed by atoms with van der Waals surface area (Å²) < 4.78 is 14.8. The lowest BCUT2D eigenvalue weighted by Gasteiger charge is -2.01. The molecule has 2 rings (SSSR count). The number of hydrogen-bond donors (Lipinski definition) is 0. The van der Waals surface area contributed by atoms with Crippen LogP contribution in [0.25, 0.3) is 0 Å². The van der Waals surface area contributed by atoms with E-state index in [0.717, 1.165) is 17.1 Å². The third-order valence-electron chi connectivity index (χ3n) is 2.28. The van der Waals surface area contributed by atoms with Gasteiger partial charge in [0.25, 0.3) is 0 Å². The van der Waals surface area contributed by atoms with Gasteiger partial charge in [0.2, 0.25) is 12.1 Å². The molecule has 1 aromatic carbocycles. The molecule has 2 aromatic rings. The standard InChI is InChI=1S/C9H6FN5O4/c10-8-6(2-1-3-7(8)14(16)17)4-13-5-11-9(12-13)15(18)19/h1-3,5H,4H2. The molecular formula is C9H6FN5O4. The van der Waals surface area contributed by atoms with Crippen molar-refractivity contribution in [2.24, 2.45) is 0 Å². The summed E-state index contributed by atoms with van der Waals surface area (Å²) in [6, 6.07) is 3.68. The van der Waals surface area contributed by atoms with Gasteiger partial charge in [-0.3, -0.25) is 10.1 Å². The van der Waals surface area contributed by atoms with Crippen LogP contribution in [0.5, 0.6) is 0 Å². The molecule has 19 heavy (non-hydrogen) atoms. The van der Waals surface area contributed by atoms with E-state index in [1.54, 1.807) is 0 Å². The average Bonchev–Trinajstić information content (AvgIpc) is 2.80. The Bertz CT molecular complexity index is 656. The molecular weight excluding hydrogens is 261 g/mol. The van der Waals surface area contributed by atoms with Gasteiger partial charge in [0, 0.05) is 16.7 Å². The van der Waals surface area contributed by atoms with Crippen LogP contribution in [0.3, 0.4) is 0 Å². The van der Waals surface area contributed by atoms with Gasteiger partial charge in [-0.15, -0.1) is 0 Å². The van der Waals surface area contributed by atoms with Crippen molar-refractivity contribution < 1.29 is 14.2 Å². The fourth-order valence-electron chi connectivity index (χ4n) is 1.45. The number of aromatic nitrogens is 3. The Hall–Kier alpha value is -2.91. The molecule has 0 aliphatic rings. The van der Waals surface area contributed by atoms with Crippen molar-refractivity contribution in [2.75, 3.05) is 0 Å². The first-order valence-electron chi connectivity index (χ1n) is 4.94. The number of nitrogens with zero attached hydrogens (tertiary/aromatic N) is 5. The maximum absolute atomic E-state index is 13.7. The summed E-state index contributed by atoms with van der Waals surface area (Å²) in [5.74, 6) is -1.61. The van der Waals surface area contributed by atoms with Gasteiger partial charge < -0.3 is 10.1 Å². The van der Waals surface area contributed by atoms with Crippen LogP contribution in [-0.4, -0.2) is 24.6 Å². The molecule has 0 aliphatic carbocycles. The lowest BCUT2D eigenvalue weighted by molar-refractivity contribution is -0.394. The lowest BCUT2D eigenvalue weighted by atomic mass is 10.2. The van der Waals surface area contributed by atoms with Gasteiger partial charge >= 0.3 is 11.6 Å². The number of rotatable bonds is 4. The fourth-order valence-corrected chi connectivity index (χ4v) is 1.45. The summed E-state index contributed by atoms with van der Waals surface area (Å²) in [4.78, 5) is 22.7. The zero-order valence-electron chi connectivity index (χ0n) is 9.26. The molecule has 0 spiro atoms. The monoisotopic (exact) mass is 267 g/mol. The van der Waals surface area contributed by atoms with Crippen molar-refractivity contribution in [3.05, 3.63) is 56.1 Å². The largest absolute Gasteiger partial charge is 0.490 e. The van der Waals surface area contributed by atoms with E-state index in [-0.39, 0.29) is 12.1 Å². The van der Waals surface area contributed by atoms with Crippen LogP contribution in [0.1, 0.15) is 5.56 Å². The Morgan fingerprint density at radius 2 is 2.00 bits per heavy atom. The second kappa shape index (κ2) is 4.76. The van der Waals surface area contributed by atoms with E-state index in [1.807, 2.05) is 0 Å². The summed E-state index contributed by atoms with van der Waals surface area (Å²) in [6.07, 6.45) is 1.05. The van der Waals surface area contributed by atoms with E-state index in [1.165, 1.54) is 12.1 Å². The van der Waals surface area contributed by atoms with Crippen molar-refractivity contribution in [3.8, 4) is 0 Å². The van der Waals surface area contributed by atoms with E-state index in [4.69, 9.17) is 0 Å². The SMILES string of the molecule is O=[N+]([O-])c1ncn(Cc2cccc([N+](=O)[O-])c2F)n1. The van der Waals surface area contributed by atoms with E-state index in [0.29, 0.717) is 0 Å². The van der Waals surface area contributed by atoms with E-state index in [2.05, 4.69) is 10.1 Å². The highest BCUT2D eigenvalue weighted by atomic mass is 19.1. The van der Waals surface area contributed by atoms with Gasteiger partial charge in [0.05, 0.1) is 11.5 Å². The lowest BCUT2D eigenvalue weighted by Crippen LogP contribution is -2.05. The van der Waals surface area contributed by atoms with Crippen LogP contribution >= 0.6 is 0 Å². The molecule has 0 N–H and O–H groups in total. The fraction of sp³-hybridized carbons (Fsp3) is 0.111. The van der Waals surface area contributed by atoms with Crippen LogP contribution in [0.2, 0.25) is 0 Å². The summed E-state index contributed by atoms with van der Waals surface area (Å²) in [5, 5.41) is 24.4. The molecule has 0 atom stereocenters. The molecule has 0 saturated carbocycles. The zero-order valence-corrected chi connectivity index (χ0v) is 9.26. The van der Waals surface area contributed by atoms with Crippen LogP contribution in [0, 0.1) is 26.0 Å². The Labute approximate surface area is 104 Å². The Balaban J connectivity index is 2.30. The van der Waals surface area contributed by atoms with Crippen molar-refractivity contribution in [3.63, 3.8) is 0 Å². The van der Waals surface area contributed by atoms with Gasteiger partial charge in [-0.05, 0) is 4.92 Å². The van der Waals surface area contributed by atoms with Crippen LogP contribution in [0.15, 0.2) is 24.5 Å². The molecule has 0 radical (unpaired) electrons. The number of benzene rings is 1. The normalized spacial score (nSPS) is 10.4. The minimum atomic E-state index is -0.995. The molecule has 1 heterocycles. The van der Waals surface area contributed by atoms with Gasteiger partial charge in [-0.1, -0.05) is 17.1 Å². The number of halogens is 1. The van der Waals surface area contributed by atoms with Crippen molar-refractivity contribution in [1.29, 1.82) is 0 Å². The van der Waals surface area contributed by atoms with E-state index >= 15 is 0 Å². The molecule has 0 amide bonds. The summed E-state index contributed by atoms with van der Waals surface area (Å²) in [7, 11) is 0. The van der Waals surface area contributed by atoms with Crippen molar-refractivity contribution in [2.45, 2.75) is 6.54 Å². The molecule has 98 valence electrons. The maximum Gasteiger partial charge on any atom is 0.490 e. The van der Waals surface area contributed by atoms with Crippen molar-refractivity contribution in [1.82, 2.24) is 14.8 Å². The van der Waals surface area contributed by atoms with E-state index < -0.39 is 27.3 Å². The minimum Gasteiger partial charge on any atom is -0.390 e. The van der Waals surface area contributed by atoms with Gasteiger partial charge in [-0.2, -0.15) is 9.07 Å². The van der Waals surface area contributed by atoms with Gasteiger partial charge in [-0.25, -0.2) is 0 Å². The third-order valence-corrected chi connectivity index (χ3v) is 2.28. The summed E-state index contributed by atoms with van der Waals surface area (Å²) >= 11 is 0. The second-order valence-corrected chi connectivity index (χ2v) is 3.51. The summed E-state index contributed by atoms with van der Waals surface area (Å²) in [6.45, 7) is -0.186. The predicted octanol–water partition coefficient (Wildman–Crippen LogP) is 1.28. The topological polar surface area (TPSA) is 117 Å². The summed E-state index contributed by atoms with van der Waals surface area (Å²) in [5.41, 5.74) is -0.666. The van der Waals surface area contributed by atoms with Crippen molar-refractivity contribution >= 4 is 11.6 Å². The Morgan fingerprint density at radius 3 is 2.58 bits per heavy atom. The Morgan fingerprint density at radius 1 is 1.26 bits per heavy atom. The quantitative estimate of drug-likeness (QED) is 0.608. The molecule has 9 nitrogen and oxygen atoms in total. The molecule has 0 saturated heterocycles. The minimum absolute atomic E-state index is 0.00556.